The fourth-order valence-electron chi connectivity index (χ4n) is 3.34. The van der Waals surface area contributed by atoms with Crippen molar-refractivity contribution < 1.29 is 55.7 Å². The van der Waals surface area contributed by atoms with Crippen LogP contribution in [0.25, 0.3) is 11.3 Å². The number of amidine groups is 1. The van der Waals surface area contributed by atoms with Crippen LogP contribution in [0.3, 0.4) is 0 Å². The van der Waals surface area contributed by atoms with Crippen LogP contribution in [-0.2, 0) is 27.5 Å². The molecule has 0 unspecified atom stereocenters. The summed E-state index contributed by atoms with van der Waals surface area (Å²) in [7, 11) is 1.52. The number of benzene rings is 2. The van der Waals surface area contributed by atoms with Crippen LogP contribution >= 0.6 is 0 Å². The summed E-state index contributed by atoms with van der Waals surface area (Å²) in [4.78, 5) is 47.6. The first kappa shape index (κ1) is 42.2. The van der Waals surface area contributed by atoms with E-state index in [9.17, 15) is 35.9 Å². The number of methoxy groups -OCH3 is 1. The summed E-state index contributed by atoms with van der Waals surface area (Å²) >= 11 is 0. The standard InChI is InChI=1S/C24H29N7O3.C2HF3O2.CHF3.CH2O2/c1-14(2)30-23-24(33)31(20(12-29-23)17-8-18(25)10-19(9-17)34-3)13-21(32)28-11-15-4-6-16(7-5-15)22(26)27;3-2(4,5)1(6)7;2-1(3)4;2-1-3/h4-10,12,14H,11,13,25H2,1-3H3,(H3,26,27)(H,28,32)(H,29,30);(H,6,7);1H;1H,(H,2,3). The van der Waals surface area contributed by atoms with E-state index < -0.39 is 24.4 Å². The Morgan fingerprint density at radius 3 is 2.08 bits per heavy atom. The Kier molecular flexibility index (Phi) is 17.9. The van der Waals surface area contributed by atoms with Gasteiger partial charge in [-0.2, -0.15) is 26.3 Å². The lowest BCUT2D eigenvalue weighted by Crippen LogP contribution is -2.35. The van der Waals surface area contributed by atoms with E-state index in [2.05, 4.69) is 15.6 Å². The number of halogens is 6. The lowest BCUT2D eigenvalue weighted by Gasteiger charge is -2.17. The quantitative estimate of drug-likeness (QED) is 0.0564. The van der Waals surface area contributed by atoms with Crippen molar-refractivity contribution in [3.05, 3.63) is 70.1 Å². The van der Waals surface area contributed by atoms with Gasteiger partial charge in [-0.3, -0.25) is 24.4 Å². The Morgan fingerprint density at radius 2 is 1.65 bits per heavy atom. The fourth-order valence-corrected chi connectivity index (χ4v) is 3.34. The molecular weight excluding hydrogens is 660 g/mol. The number of hydrogen-bond donors (Lipinski definition) is 7. The van der Waals surface area contributed by atoms with Gasteiger partial charge < -0.3 is 37.1 Å². The minimum Gasteiger partial charge on any atom is -0.497 e. The summed E-state index contributed by atoms with van der Waals surface area (Å²) in [5.74, 6) is -2.45. The highest BCUT2D eigenvalue weighted by Gasteiger charge is 2.38. The van der Waals surface area contributed by atoms with Gasteiger partial charge >= 0.3 is 18.8 Å². The second-order valence-electron chi connectivity index (χ2n) is 9.22. The molecule has 48 heavy (non-hydrogen) atoms. The van der Waals surface area contributed by atoms with Gasteiger partial charge in [0.15, 0.2) is 5.82 Å². The number of anilines is 2. The zero-order chi connectivity index (χ0) is 37.2. The summed E-state index contributed by atoms with van der Waals surface area (Å²) in [5, 5.41) is 27.3. The maximum absolute atomic E-state index is 13.2. The molecule has 9 N–H and O–H groups in total. The van der Waals surface area contributed by atoms with Crippen LogP contribution in [0.4, 0.5) is 37.8 Å². The second kappa shape index (κ2) is 20.3. The molecule has 0 spiro atoms. The summed E-state index contributed by atoms with van der Waals surface area (Å²) in [5.41, 5.74) is 14.0. The second-order valence-corrected chi connectivity index (χ2v) is 9.22. The number of ether oxygens (including phenoxy) is 1. The number of aliphatic carboxylic acids is 1. The number of nitrogen functional groups attached to an aromatic ring is 2. The monoisotopic (exact) mass is 693 g/mol. The van der Waals surface area contributed by atoms with Crippen molar-refractivity contribution in [1.29, 1.82) is 5.41 Å². The number of nitrogens with zero attached hydrogens (tertiary/aromatic N) is 2. The molecule has 1 amide bonds. The highest BCUT2D eigenvalue weighted by Crippen LogP contribution is 2.27. The molecule has 3 aromatic rings. The van der Waals surface area contributed by atoms with E-state index >= 15 is 0 Å². The molecule has 0 atom stereocenters. The molecule has 14 nitrogen and oxygen atoms in total. The fraction of sp³-hybridized carbons (Fsp3) is 0.286. The Hall–Kier alpha value is -5.82. The van der Waals surface area contributed by atoms with Crippen molar-refractivity contribution in [3.63, 3.8) is 0 Å². The SMILES string of the molecule is COc1cc(N)cc(-c2cnc(NC(C)C)c(=O)n2CC(=O)NCc2ccc(C(=N)N)cc2)c1.FC(F)F.O=C(O)C(F)(F)F.O=CO. The molecule has 0 bridgehead atoms. The first-order valence-electron chi connectivity index (χ1n) is 13.1. The van der Waals surface area contributed by atoms with Gasteiger partial charge in [0, 0.05) is 35.5 Å². The van der Waals surface area contributed by atoms with Gasteiger partial charge in [0.2, 0.25) is 5.91 Å². The van der Waals surface area contributed by atoms with E-state index in [0.717, 1.165) is 5.56 Å². The van der Waals surface area contributed by atoms with E-state index in [1.807, 2.05) is 13.8 Å². The van der Waals surface area contributed by atoms with Crippen molar-refractivity contribution in [2.24, 2.45) is 5.73 Å². The average molecular weight is 694 g/mol. The highest BCUT2D eigenvalue weighted by atomic mass is 19.4. The lowest BCUT2D eigenvalue weighted by molar-refractivity contribution is -0.192. The van der Waals surface area contributed by atoms with Crippen molar-refractivity contribution in [2.45, 2.75) is 45.8 Å². The Bertz CT molecular complexity index is 1560. The number of rotatable bonds is 9. The minimum atomic E-state index is -5.08. The van der Waals surface area contributed by atoms with Crippen molar-refractivity contribution in [3.8, 4) is 17.0 Å². The van der Waals surface area contributed by atoms with Crippen molar-refractivity contribution in [2.75, 3.05) is 18.2 Å². The molecule has 0 fully saturated rings. The first-order valence-corrected chi connectivity index (χ1v) is 13.1. The number of carbonyl (C=O) groups excluding carboxylic acids is 1. The molecule has 3 rings (SSSR count). The van der Waals surface area contributed by atoms with Crippen LogP contribution in [-0.4, -0.2) is 70.0 Å². The molecule has 0 aliphatic carbocycles. The van der Waals surface area contributed by atoms with Crippen LogP contribution in [0.5, 0.6) is 5.75 Å². The third-order valence-corrected chi connectivity index (χ3v) is 5.24. The largest absolute Gasteiger partial charge is 0.497 e. The molecule has 1 aromatic heterocycles. The third-order valence-electron chi connectivity index (χ3n) is 5.24. The average Bonchev–Trinajstić information content (AvgIpc) is 2.97. The number of amides is 1. The van der Waals surface area contributed by atoms with E-state index in [1.165, 1.54) is 17.9 Å². The van der Waals surface area contributed by atoms with Gasteiger partial charge in [-0.05, 0) is 31.5 Å². The van der Waals surface area contributed by atoms with Crippen molar-refractivity contribution >= 4 is 35.7 Å². The van der Waals surface area contributed by atoms with Crippen LogP contribution in [0, 0.1) is 5.41 Å². The number of carboxylic acid groups (broad SMARTS) is 2. The number of carbonyl (C=O) groups is 3. The molecule has 0 saturated carbocycles. The number of aromatic nitrogens is 2. The molecular formula is C28H33F6N7O7. The molecule has 2 aromatic carbocycles. The summed E-state index contributed by atoms with van der Waals surface area (Å²) < 4.78 is 67.4. The predicted molar refractivity (Wildman–Crippen MR) is 162 cm³/mol. The van der Waals surface area contributed by atoms with Gasteiger partial charge in [0.05, 0.1) is 19.0 Å². The molecule has 20 heteroatoms. The zero-order valence-electron chi connectivity index (χ0n) is 25.5. The predicted octanol–water partition coefficient (Wildman–Crippen LogP) is 3.43. The van der Waals surface area contributed by atoms with Gasteiger partial charge in [0.25, 0.3) is 12.0 Å². The smallest absolute Gasteiger partial charge is 0.490 e. The first-order chi connectivity index (χ1) is 22.3. The number of hydrogen-bond acceptors (Lipinski definition) is 9. The van der Waals surface area contributed by atoms with Gasteiger partial charge in [-0.25, -0.2) is 9.78 Å². The van der Waals surface area contributed by atoms with Crippen LogP contribution < -0.4 is 32.4 Å². The Balaban J connectivity index is 0.00000133. The molecule has 0 radical (unpaired) electrons. The maximum atomic E-state index is 13.2. The summed E-state index contributed by atoms with van der Waals surface area (Å²) in [6, 6.07) is 12.1. The molecule has 264 valence electrons. The van der Waals surface area contributed by atoms with E-state index in [1.54, 1.807) is 42.5 Å². The molecule has 0 aliphatic heterocycles. The number of carboxylic acids is 1. The topological polar surface area (TPSA) is 236 Å². The van der Waals surface area contributed by atoms with E-state index in [-0.39, 0.29) is 43.2 Å². The number of nitrogens with one attached hydrogen (secondary N) is 3. The normalized spacial score (nSPS) is 10.2. The zero-order valence-corrected chi connectivity index (χ0v) is 25.5. The van der Waals surface area contributed by atoms with Crippen LogP contribution in [0.2, 0.25) is 0 Å². The summed E-state index contributed by atoms with van der Waals surface area (Å²) in [6.45, 7) is -0.0834. The van der Waals surface area contributed by atoms with Crippen LogP contribution in [0.1, 0.15) is 25.0 Å². The highest BCUT2D eigenvalue weighted by molar-refractivity contribution is 5.94. The van der Waals surface area contributed by atoms with Crippen molar-refractivity contribution in [1.82, 2.24) is 14.9 Å². The lowest BCUT2D eigenvalue weighted by atomic mass is 10.1. The summed E-state index contributed by atoms with van der Waals surface area (Å²) in [6.07, 6.45) is -3.55. The number of nitrogens with two attached hydrogens (primary N) is 2. The minimum absolute atomic E-state index is 0.0150. The maximum Gasteiger partial charge on any atom is 0.490 e. The van der Waals surface area contributed by atoms with E-state index in [4.69, 9.17) is 41.4 Å². The Labute approximate surface area is 268 Å². The van der Waals surface area contributed by atoms with Gasteiger partial charge in [-0.15, -0.1) is 0 Å². The molecule has 0 saturated heterocycles. The van der Waals surface area contributed by atoms with Gasteiger partial charge in [0.1, 0.15) is 18.1 Å². The van der Waals surface area contributed by atoms with E-state index in [0.29, 0.717) is 28.3 Å². The Morgan fingerprint density at radius 1 is 1.12 bits per heavy atom. The molecule has 0 aliphatic rings. The van der Waals surface area contributed by atoms with Gasteiger partial charge in [-0.1, -0.05) is 24.3 Å². The third kappa shape index (κ3) is 16.0. The molecule has 1 heterocycles. The van der Waals surface area contributed by atoms with Crippen LogP contribution in [0.15, 0.2) is 53.5 Å². The number of alkyl halides is 6.